The predicted molar refractivity (Wildman–Crippen MR) is 78.6 cm³/mol. The Morgan fingerprint density at radius 1 is 1.11 bits per heavy atom. The van der Waals surface area contributed by atoms with Crippen LogP contribution in [-0.2, 0) is 4.79 Å². The van der Waals surface area contributed by atoms with Gasteiger partial charge in [-0.15, -0.1) is 0 Å². The molecule has 0 aromatic rings. The van der Waals surface area contributed by atoms with Gasteiger partial charge >= 0.3 is 0 Å². The average molecular weight is 266 g/mol. The Hall–Kier alpha value is -0.570. The fourth-order valence-corrected chi connectivity index (χ4v) is 4.61. The molecule has 0 heterocycles. The van der Waals surface area contributed by atoms with Crippen LogP contribution in [-0.4, -0.2) is 18.0 Å². The molecular formula is C16H30N2O. The number of hydrogen-bond acceptors (Lipinski definition) is 2. The fraction of sp³-hybridized carbons (Fsp3) is 0.938. The summed E-state index contributed by atoms with van der Waals surface area (Å²) in [6.07, 6.45) is 3.35. The zero-order valence-electron chi connectivity index (χ0n) is 13.3. The van der Waals surface area contributed by atoms with Gasteiger partial charge in [0.1, 0.15) is 0 Å². The minimum Gasteiger partial charge on any atom is -0.352 e. The molecule has 1 amide bonds. The summed E-state index contributed by atoms with van der Waals surface area (Å²) in [6, 6.07) is 0.320. The SMILES string of the molecule is CC1(C)CCCC1C(=O)NC1C(C)(C)C(N)C1(C)C. The summed E-state index contributed by atoms with van der Waals surface area (Å²) in [5.41, 5.74) is 6.37. The second kappa shape index (κ2) is 4.21. The van der Waals surface area contributed by atoms with E-state index in [2.05, 4.69) is 46.9 Å². The predicted octanol–water partition coefficient (Wildman–Crippen LogP) is 2.69. The Kier molecular flexibility index (Phi) is 3.29. The van der Waals surface area contributed by atoms with E-state index >= 15 is 0 Å². The monoisotopic (exact) mass is 266 g/mol. The van der Waals surface area contributed by atoms with Crippen molar-refractivity contribution >= 4 is 5.91 Å². The van der Waals surface area contributed by atoms with Crippen LogP contribution in [0, 0.1) is 22.2 Å². The number of nitrogens with two attached hydrogens (primary N) is 1. The molecule has 19 heavy (non-hydrogen) atoms. The number of amides is 1. The molecule has 0 aromatic carbocycles. The van der Waals surface area contributed by atoms with E-state index in [1.54, 1.807) is 0 Å². The van der Waals surface area contributed by atoms with Crippen molar-refractivity contribution in [1.82, 2.24) is 5.32 Å². The molecule has 3 heteroatoms. The topological polar surface area (TPSA) is 55.1 Å². The fourth-order valence-electron chi connectivity index (χ4n) is 4.61. The minimum atomic E-state index is -0.0120. The van der Waals surface area contributed by atoms with Crippen LogP contribution in [0.25, 0.3) is 0 Å². The van der Waals surface area contributed by atoms with E-state index in [9.17, 15) is 4.79 Å². The van der Waals surface area contributed by atoms with Crippen molar-refractivity contribution in [3.63, 3.8) is 0 Å². The van der Waals surface area contributed by atoms with E-state index in [-0.39, 0.29) is 40.2 Å². The van der Waals surface area contributed by atoms with Crippen LogP contribution in [0.4, 0.5) is 0 Å². The molecule has 0 saturated heterocycles. The van der Waals surface area contributed by atoms with Crippen molar-refractivity contribution in [3.8, 4) is 0 Å². The summed E-state index contributed by atoms with van der Waals surface area (Å²) in [6.45, 7) is 13.1. The van der Waals surface area contributed by atoms with Crippen LogP contribution >= 0.6 is 0 Å². The molecule has 3 N–H and O–H groups in total. The van der Waals surface area contributed by atoms with Crippen LogP contribution < -0.4 is 11.1 Å². The molecule has 0 spiro atoms. The molecule has 1 unspecified atom stereocenters. The Morgan fingerprint density at radius 3 is 2.05 bits per heavy atom. The molecule has 3 nitrogen and oxygen atoms in total. The molecule has 0 bridgehead atoms. The summed E-state index contributed by atoms with van der Waals surface area (Å²) in [5, 5.41) is 3.31. The highest BCUT2D eigenvalue weighted by Gasteiger charge is 2.60. The van der Waals surface area contributed by atoms with E-state index in [1.807, 2.05) is 0 Å². The quantitative estimate of drug-likeness (QED) is 0.807. The molecule has 2 aliphatic carbocycles. The first-order chi connectivity index (χ1) is 8.51. The third-order valence-electron chi connectivity index (χ3n) is 5.95. The minimum absolute atomic E-state index is 0.0120. The van der Waals surface area contributed by atoms with Crippen LogP contribution in [0.1, 0.15) is 60.8 Å². The molecule has 1 atom stereocenters. The highest BCUT2D eigenvalue weighted by atomic mass is 16.2. The van der Waals surface area contributed by atoms with Gasteiger partial charge in [-0.25, -0.2) is 0 Å². The Balaban J connectivity index is 2.08. The van der Waals surface area contributed by atoms with E-state index in [0.717, 1.165) is 12.8 Å². The lowest BCUT2D eigenvalue weighted by Gasteiger charge is -2.63. The lowest BCUT2D eigenvalue weighted by molar-refractivity contribution is -0.138. The number of carbonyl (C=O) groups is 1. The molecule has 0 aliphatic heterocycles. The molecule has 2 saturated carbocycles. The van der Waals surface area contributed by atoms with Gasteiger partial charge < -0.3 is 11.1 Å². The Bertz CT molecular complexity index is 368. The van der Waals surface area contributed by atoms with Gasteiger partial charge in [-0.2, -0.15) is 0 Å². The van der Waals surface area contributed by atoms with Gasteiger partial charge in [-0.05, 0) is 18.3 Å². The van der Waals surface area contributed by atoms with Gasteiger partial charge in [0.25, 0.3) is 0 Å². The van der Waals surface area contributed by atoms with Gasteiger partial charge in [0, 0.05) is 28.8 Å². The third-order valence-corrected chi connectivity index (χ3v) is 5.95. The highest BCUT2D eigenvalue weighted by Crippen LogP contribution is 2.53. The normalized spacial score (nSPS) is 38.6. The van der Waals surface area contributed by atoms with Crippen molar-refractivity contribution < 1.29 is 4.79 Å². The van der Waals surface area contributed by atoms with Crippen molar-refractivity contribution in [1.29, 1.82) is 0 Å². The standard InChI is InChI=1S/C16H30N2O/c1-14(2)9-7-8-10(14)11(19)18-13-15(3,4)12(17)16(13,5)6/h10,12-13H,7-9,17H2,1-6H3,(H,18,19). The number of carbonyl (C=O) groups excluding carboxylic acids is 1. The Morgan fingerprint density at radius 2 is 1.63 bits per heavy atom. The van der Waals surface area contributed by atoms with Crippen molar-refractivity contribution in [3.05, 3.63) is 0 Å². The van der Waals surface area contributed by atoms with E-state index in [1.165, 1.54) is 6.42 Å². The summed E-state index contributed by atoms with van der Waals surface area (Å²) >= 11 is 0. The molecule has 110 valence electrons. The maximum atomic E-state index is 12.6. The van der Waals surface area contributed by atoms with E-state index in [0.29, 0.717) is 0 Å². The average Bonchev–Trinajstić information content (AvgIpc) is 2.64. The van der Waals surface area contributed by atoms with Gasteiger partial charge in [0.15, 0.2) is 0 Å². The molecule has 2 rings (SSSR count). The van der Waals surface area contributed by atoms with Crippen molar-refractivity contribution in [2.24, 2.45) is 27.9 Å². The van der Waals surface area contributed by atoms with Crippen LogP contribution in [0.15, 0.2) is 0 Å². The zero-order valence-corrected chi connectivity index (χ0v) is 13.3. The van der Waals surface area contributed by atoms with Crippen LogP contribution in [0.2, 0.25) is 0 Å². The smallest absolute Gasteiger partial charge is 0.223 e. The van der Waals surface area contributed by atoms with Crippen molar-refractivity contribution in [2.45, 2.75) is 72.9 Å². The van der Waals surface area contributed by atoms with E-state index < -0.39 is 0 Å². The molecule has 0 radical (unpaired) electrons. The first-order valence-electron chi connectivity index (χ1n) is 7.57. The second-order valence-corrected chi connectivity index (χ2v) is 8.50. The maximum absolute atomic E-state index is 12.6. The second-order valence-electron chi connectivity index (χ2n) is 8.50. The zero-order chi connectivity index (χ0) is 14.6. The largest absolute Gasteiger partial charge is 0.352 e. The number of nitrogens with one attached hydrogen (secondary N) is 1. The summed E-state index contributed by atoms with van der Waals surface area (Å²) in [5.74, 6) is 0.400. The molecular weight excluding hydrogens is 236 g/mol. The van der Waals surface area contributed by atoms with Crippen LogP contribution in [0.3, 0.4) is 0 Å². The molecule has 2 fully saturated rings. The first kappa shape index (κ1) is 14.8. The lowest BCUT2D eigenvalue weighted by atomic mass is 9.48. The van der Waals surface area contributed by atoms with Crippen molar-refractivity contribution in [2.75, 3.05) is 0 Å². The lowest BCUT2D eigenvalue weighted by Crippen LogP contribution is -2.76. The first-order valence-corrected chi connectivity index (χ1v) is 7.57. The maximum Gasteiger partial charge on any atom is 0.223 e. The van der Waals surface area contributed by atoms with Crippen LogP contribution in [0.5, 0.6) is 0 Å². The van der Waals surface area contributed by atoms with Gasteiger partial charge in [0.2, 0.25) is 5.91 Å². The Labute approximate surface area is 117 Å². The summed E-state index contributed by atoms with van der Waals surface area (Å²) < 4.78 is 0. The van der Waals surface area contributed by atoms with Gasteiger partial charge in [0.05, 0.1) is 0 Å². The number of rotatable bonds is 2. The van der Waals surface area contributed by atoms with Gasteiger partial charge in [-0.3, -0.25) is 4.79 Å². The molecule has 0 aromatic heterocycles. The highest BCUT2D eigenvalue weighted by molar-refractivity contribution is 5.80. The summed E-state index contributed by atoms with van der Waals surface area (Å²) in [7, 11) is 0. The van der Waals surface area contributed by atoms with E-state index in [4.69, 9.17) is 5.73 Å². The summed E-state index contributed by atoms with van der Waals surface area (Å²) in [4.78, 5) is 12.6. The third kappa shape index (κ3) is 2.10. The number of hydrogen-bond donors (Lipinski definition) is 2. The molecule has 2 aliphatic rings. The van der Waals surface area contributed by atoms with Gasteiger partial charge in [-0.1, -0.05) is 48.0 Å².